The minimum Gasteiger partial charge on any atom is -0.463 e. The third-order valence-corrected chi connectivity index (χ3v) is 4.76. The molecule has 1 heterocycles. The predicted molar refractivity (Wildman–Crippen MR) is 93.3 cm³/mol. The molecule has 26 heavy (non-hydrogen) atoms. The van der Waals surface area contributed by atoms with E-state index in [-0.39, 0.29) is 13.0 Å². The molecule has 1 fully saturated rings. The minimum atomic E-state index is -0.677. The summed E-state index contributed by atoms with van der Waals surface area (Å²) >= 11 is 1.39. The summed E-state index contributed by atoms with van der Waals surface area (Å²) in [6, 6.07) is 9.51. The molecule has 1 saturated heterocycles. The number of hydrogen-bond acceptors (Lipinski definition) is 8. The van der Waals surface area contributed by atoms with Crippen LogP contribution in [-0.4, -0.2) is 48.3 Å². The van der Waals surface area contributed by atoms with E-state index < -0.39 is 41.7 Å². The summed E-state index contributed by atoms with van der Waals surface area (Å²) in [5, 5.41) is 0. The van der Waals surface area contributed by atoms with Crippen LogP contribution in [0.2, 0.25) is 0 Å². The van der Waals surface area contributed by atoms with Crippen molar-refractivity contribution in [2.24, 2.45) is 0 Å². The van der Waals surface area contributed by atoms with E-state index in [4.69, 9.17) is 18.9 Å². The number of hydrogen-bond donors (Lipinski definition) is 0. The summed E-state index contributed by atoms with van der Waals surface area (Å²) in [5.74, 6) is -1.39. The van der Waals surface area contributed by atoms with Crippen molar-refractivity contribution in [3.63, 3.8) is 0 Å². The van der Waals surface area contributed by atoms with E-state index in [9.17, 15) is 14.4 Å². The quantitative estimate of drug-likeness (QED) is 0.547. The fourth-order valence-corrected chi connectivity index (χ4v) is 3.68. The van der Waals surface area contributed by atoms with Crippen LogP contribution in [0.4, 0.5) is 0 Å². The zero-order valence-electron chi connectivity index (χ0n) is 14.9. The first-order valence-electron chi connectivity index (χ1n) is 8.20. The molecule has 0 radical (unpaired) electrons. The highest BCUT2D eigenvalue weighted by atomic mass is 32.2. The van der Waals surface area contributed by atoms with Gasteiger partial charge in [0, 0.05) is 32.1 Å². The Labute approximate surface area is 156 Å². The van der Waals surface area contributed by atoms with E-state index in [1.54, 1.807) is 0 Å². The van der Waals surface area contributed by atoms with Gasteiger partial charge >= 0.3 is 17.9 Å². The minimum absolute atomic E-state index is 0.0497. The Morgan fingerprint density at radius 3 is 2.19 bits per heavy atom. The molecule has 4 atom stereocenters. The molecule has 1 aliphatic heterocycles. The van der Waals surface area contributed by atoms with Crippen LogP contribution in [0.25, 0.3) is 0 Å². The van der Waals surface area contributed by atoms with Gasteiger partial charge in [0.05, 0.1) is 0 Å². The SMILES string of the molecule is CC(=O)OC[C@H]1OC(Sc2ccccc2)[C@H](OC(C)=O)C[C@@H]1OC(C)=O. The van der Waals surface area contributed by atoms with Crippen LogP contribution >= 0.6 is 11.8 Å². The molecule has 0 spiro atoms. The zero-order valence-corrected chi connectivity index (χ0v) is 15.7. The monoisotopic (exact) mass is 382 g/mol. The van der Waals surface area contributed by atoms with Crippen molar-refractivity contribution in [1.29, 1.82) is 0 Å². The van der Waals surface area contributed by atoms with Crippen LogP contribution in [-0.2, 0) is 33.3 Å². The summed E-state index contributed by atoms with van der Waals surface area (Å²) in [4.78, 5) is 34.9. The first-order valence-corrected chi connectivity index (χ1v) is 9.08. The van der Waals surface area contributed by atoms with Crippen molar-refractivity contribution in [2.45, 2.75) is 55.8 Å². The van der Waals surface area contributed by atoms with Crippen molar-refractivity contribution >= 4 is 29.7 Å². The van der Waals surface area contributed by atoms with Crippen molar-refractivity contribution in [2.75, 3.05) is 6.61 Å². The number of esters is 3. The molecule has 0 amide bonds. The number of thioether (sulfide) groups is 1. The number of benzene rings is 1. The first kappa shape index (κ1) is 20.3. The second-order valence-electron chi connectivity index (χ2n) is 5.81. The number of carbonyl (C=O) groups is 3. The van der Waals surface area contributed by atoms with E-state index in [2.05, 4.69) is 0 Å². The smallest absolute Gasteiger partial charge is 0.303 e. The van der Waals surface area contributed by atoms with E-state index >= 15 is 0 Å². The third kappa shape index (κ3) is 6.34. The van der Waals surface area contributed by atoms with Gasteiger partial charge in [-0.15, -0.1) is 0 Å². The molecule has 0 N–H and O–H groups in total. The maximum atomic E-state index is 11.5. The van der Waals surface area contributed by atoms with Crippen molar-refractivity contribution in [3.8, 4) is 0 Å². The topological polar surface area (TPSA) is 88.1 Å². The lowest BCUT2D eigenvalue weighted by Gasteiger charge is -2.39. The lowest BCUT2D eigenvalue weighted by Crippen LogP contribution is -2.50. The molecule has 1 aliphatic rings. The fraction of sp³-hybridized carbons (Fsp3) is 0.500. The Bertz CT molecular complexity index is 634. The predicted octanol–water partition coefficient (Wildman–Crippen LogP) is 2.32. The summed E-state index contributed by atoms with van der Waals surface area (Å²) in [5.41, 5.74) is -0.520. The summed E-state index contributed by atoms with van der Waals surface area (Å²) < 4.78 is 21.7. The van der Waals surface area contributed by atoms with Crippen LogP contribution in [0.3, 0.4) is 0 Å². The van der Waals surface area contributed by atoms with Gasteiger partial charge < -0.3 is 18.9 Å². The van der Waals surface area contributed by atoms with Crippen LogP contribution in [0, 0.1) is 0 Å². The van der Waals surface area contributed by atoms with Gasteiger partial charge in [0.2, 0.25) is 0 Å². The standard InChI is InChI=1S/C18H22O7S/c1-11(19)22-10-17-15(23-12(2)20)9-16(24-13(3)21)18(25-17)26-14-7-5-4-6-8-14/h4-8,15-18H,9-10H2,1-3H3/t15-,16+,17+,18?/m0/s1. The van der Waals surface area contributed by atoms with Crippen LogP contribution in [0.15, 0.2) is 35.2 Å². The fourth-order valence-electron chi connectivity index (χ4n) is 2.58. The molecule has 0 bridgehead atoms. The Morgan fingerprint density at radius 2 is 1.62 bits per heavy atom. The van der Waals surface area contributed by atoms with Gasteiger partial charge in [-0.1, -0.05) is 30.0 Å². The average molecular weight is 382 g/mol. The maximum Gasteiger partial charge on any atom is 0.303 e. The van der Waals surface area contributed by atoms with Gasteiger partial charge in [0.15, 0.2) is 0 Å². The lowest BCUT2D eigenvalue weighted by molar-refractivity contribution is -0.195. The molecule has 0 aromatic heterocycles. The Kier molecular flexibility index (Phi) is 7.47. The van der Waals surface area contributed by atoms with Crippen molar-refractivity contribution < 1.29 is 33.3 Å². The summed E-state index contributed by atoms with van der Waals surface area (Å²) in [6.07, 6.45) is -1.66. The molecular formula is C18H22O7S. The van der Waals surface area contributed by atoms with Crippen LogP contribution in [0.5, 0.6) is 0 Å². The molecule has 0 aliphatic carbocycles. The molecular weight excluding hydrogens is 360 g/mol. The second kappa shape index (κ2) is 9.59. The lowest BCUT2D eigenvalue weighted by atomic mass is 10.0. The second-order valence-corrected chi connectivity index (χ2v) is 6.98. The van der Waals surface area contributed by atoms with E-state index in [0.717, 1.165) is 4.90 Å². The van der Waals surface area contributed by atoms with Gasteiger partial charge in [-0.3, -0.25) is 14.4 Å². The molecule has 7 nitrogen and oxygen atoms in total. The zero-order chi connectivity index (χ0) is 19.1. The van der Waals surface area contributed by atoms with Gasteiger partial charge in [-0.05, 0) is 12.1 Å². The maximum absolute atomic E-state index is 11.5. The number of carbonyl (C=O) groups excluding carboxylic acids is 3. The molecule has 1 aromatic rings. The molecule has 1 aromatic carbocycles. The number of ether oxygens (including phenoxy) is 4. The Hall–Kier alpha value is -2.06. The molecule has 2 rings (SSSR count). The number of rotatable bonds is 6. The summed E-state index contributed by atoms with van der Waals surface area (Å²) in [7, 11) is 0. The van der Waals surface area contributed by atoms with Gasteiger partial charge in [0.1, 0.15) is 30.4 Å². The normalized spacial score (nSPS) is 25.2. The molecule has 1 unspecified atom stereocenters. The molecule has 8 heteroatoms. The van der Waals surface area contributed by atoms with Gasteiger partial charge in [-0.25, -0.2) is 0 Å². The van der Waals surface area contributed by atoms with Gasteiger partial charge in [0.25, 0.3) is 0 Å². The largest absolute Gasteiger partial charge is 0.463 e. The molecule has 142 valence electrons. The highest BCUT2D eigenvalue weighted by Crippen LogP contribution is 2.35. The highest BCUT2D eigenvalue weighted by Gasteiger charge is 2.42. The Morgan fingerprint density at radius 1 is 1.00 bits per heavy atom. The van der Waals surface area contributed by atoms with Crippen LogP contribution in [0.1, 0.15) is 27.2 Å². The third-order valence-electron chi connectivity index (χ3n) is 3.57. The average Bonchev–Trinajstić information content (AvgIpc) is 2.55. The van der Waals surface area contributed by atoms with E-state index in [0.29, 0.717) is 0 Å². The first-order chi connectivity index (χ1) is 12.3. The molecule has 0 saturated carbocycles. The van der Waals surface area contributed by atoms with Gasteiger partial charge in [-0.2, -0.15) is 0 Å². The van der Waals surface area contributed by atoms with Crippen LogP contribution < -0.4 is 0 Å². The highest BCUT2D eigenvalue weighted by molar-refractivity contribution is 7.99. The van der Waals surface area contributed by atoms with E-state index in [1.807, 2.05) is 30.3 Å². The Balaban J connectivity index is 2.17. The van der Waals surface area contributed by atoms with E-state index in [1.165, 1.54) is 32.5 Å². The van der Waals surface area contributed by atoms with Crippen molar-refractivity contribution in [3.05, 3.63) is 30.3 Å². The van der Waals surface area contributed by atoms with Crippen molar-refractivity contribution in [1.82, 2.24) is 0 Å². The summed E-state index contributed by atoms with van der Waals surface area (Å²) in [6.45, 7) is 3.85.